The summed E-state index contributed by atoms with van der Waals surface area (Å²) >= 11 is 1.49. The van der Waals surface area contributed by atoms with Crippen molar-refractivity contribution >= 4 is 32.5 Å². The Morgan fingerprint density at radius 3 is 2.83 bits per heavy atom. The van der Waals surface area contributed by atoms with Crippen molar-refractivity contribution in [3.63, 3.8) is 0 Å². The van der Waals surface area contributed by atoms with E-state index in [1.54, 1.807) is 13.2 Å². The summed E-state index contributed by atoms with van der Waals surface area (Å²) in [5.41, 5.74) is 2.84. The van der Waals surface area contributed by atoms with E-state index in [1.165, 1.54) is 17.6 Å². The molecular weight excluding hydrogens is 322 g/mol. The number of nitrogens with zero attached hydrogens (tertiary/aromatic N) is 1. The number of fused-ring (bicyclic) bond motifs is 2. The van der Waals surface area contributed by atoms with Crippen LogP contribution in [0.1, 0.15) is 12.5 Å². The van der Waals surface area contributed by atoms with Crippen LogP contribution in [0.2, 0.25) is 0 Å². The van der Waals surface area contributed by atoms with Crippen LogP contribution in [0.3, 0.4) is 0 Å². The number of thiazole rings is 1. The van der Waals surface area contributed by atoms with Crippen molar-refractivity contribution in [3.8, 4) is 16.3 Å². The summed E-state index contributed by atoms with van der Waals surface area (Å²) in [6, 6.07) is 11.5. The maximum Gasteiger partial charge on any atom is 0.202 e. The van der Waals surface area contributed by atoms with Crippen LogP contribution in [0.5, 0.6) is 5.75 Å². The molecule has 0 saturated heterocycles. The molecule has 0 radical (unpaired) electrons. The zero-order valence-corrected chi connectivity index (χ0v) is 14.1. The van der Waals surface area contributed by atoms with Gasteiger partial charge >= 0.3 is 0 Å². The zero-order valence-electron chi connectivity index (χ0n) is 13.3. The fourth-order valence-electron chi connectivity index (χ4n) is 2.80. The highest BCUT2D eigenvalue weighted by atomic mass is 32.1. The molecule has 24 heavy (non-hydrogen) atoms. The molecule has 0 fully saturated rings. The van der Waals surface area contributed by atoms with E-state index in [0.29, 0.717) is 21.5 Å². The maximum absolute atomic E-state index is 12.9. The molecule has 4 aromatic rings. The van der Waals surface area contributed by atoms with Gasteiger partial charge in [0.2, 0.25) is 5.43 Å². The molecule has 0 spiro atoms. The minimum atomic E-state index is -0.0624. The fourth-order valence-corrected chi connectivity index (χ4v) is 3.77. The summed E-state index contributed by atoms with van der Waals surface area (Å²) in [6.07, 6.45) is 2.28. The van der Waals surface area contributed by atoms with Gasteiger partial charge in [0.05, 0.1) is 28.3 Å². The third-order valence-electron chi connectivity index (χ3n) is 4.08. The van der Waals surface area contributed by atoms with Gasteiger partial charge in [-0.2, -0.15) is 0 Å². The van der Waals surface area contributed by atoms with Crippen molar-refractivity contribution in [1.82, 2.24) is 4.98 Å². The Labute approximate surface area is 142 Å². The monoisotopic (exact) mass is 337 g/mol. The number of aromatic nitrogens is 1. The second-order valence-electron chi connectivity index (χ2n) is 5.48. The number of benzene rings is 2. The van der Waals surface area contributed by atoms with E-state index in [4.69, 9.17) is 9.15 Å². The molecular formula is C19H15NO3S. The van der Waals surface area contributed by atoms with Gasteiger partial charge in [-0.3, -0.25) is 4.79 Å². The van der Waals surface area contributed by atoms with Gasteiger partial charge in [0, 0.05) is 6.07 Å². The lowest BCUT2D eigenvalue weighted by molar-refractivity contribution is 0.409. The van der Waals surface area contributed by atoms with E-state index >= 15 is 0 Å². The van der Waals surface area contributed by atoms with Gasteiger partial charge in [-0.05, 0) is 30.2 Å². The molecule has 0 amide bonds. The van der Waals surface area contributed by atoms with Crippen molar-refractivity contribution < 1.29 is 9.15 Å². The van der Waals surface area contributed by atoms with Gasteiger partial charge in [0.15, 0.2) is 0 Å². The Kier molecular flexibility index (Phi) is 3.58. The molecule has 0 aliphatic rings. The van der Waals surface area contributed by atoms with Crippen molar-refractivity contribution in [2.75, 3.05) is 7.11 Å². The Morgan fingerprint density at radius 2 is 2.08 bits per heavy atom. The Bertz CT molecular complexity index is 1080. The number of para-hydroxylation sites is 1. The van der Waals surface area contributed by atoms with Crippen LogP contribution in [0.15, 0.2) is 51.9 Å². The third kappa shape index (κ3) is 2.29. The van der Waals surface area contributed by atoms with E-state index in [9.17, 15) is 4.79 Å². The molecule has 0 N–H and O–H groups in total. The Hall–Kier alpha value is -2.66. The average molecular weight is 337 g/mol. The van der Waals surface area contributed by atoms with E-state index in [1.807, 2.05) is 37.3 Å². The predicted molar refractivity (Wildman–Crippen MR) is 97.0 cm³/mol. The Morgan fingerprint density at radius 1 is 1.25 bits per heavy atom. The van der Waals surface area contributed by atoms with Crippen molar-refractivity contribution in [2.45, 2.75) is 13.3 Å². The first kappa shape index (κ1) is 14.9. The summed E-state index contributed by atoms with van der Waals surface area (Å²) in [7, 11) is 1.62. The summed E-state index contributed by atoms with van der Waals surface area (Å²) in [5.74, 6) is 0.737. The summed E-state index contributed by atoms with van der Waals surface area (Å²) in [4.78, 5) is 17.5. The molecule has 0 aliphatic carbocycles. The normalized spacial score (nSPS) is 11.2. The van der Waals surface area contributed by atoms with Crippen molar-refractivity contribution in [3.05, 3.63) is 58.4 Å². The molecule has 0 unspecified atom stereocenters. The minimum absolute atomic E-state index is 0.0624. The van der Waals surface area contributed by atoms with E-state index < -0.39 is 0 Å². The first-order chi connectivity index (χ1) is 11.7. The second kappa shape index (κ2) is 5.76. The molecule has 2 aromatic heterocycles. The quantitative estimate of drug-likeness (QED) is 0.546. The largest absolute Gasteiger partial charge is 0.496 e. The first-order valence-electron chi connectivity index (χ1n) is 7.69. The van der Waals surface area contributed by atoms with Crippen LogP contribution in [0.25, 0.3) is 31.8 Å². The average Bonchev–Trinajstić information content (AvgIpc) is 3.04. The van der Waals surface area contributed by atoms with Gasteiger partial charge in [-0.1, -0.05) is 19.1 Å². The van der Waals surface area contributed by atoms with Gasteiger partial charge in [-0.15, -0.1) is 11.3 Å². The first-order valence-corrected chi connectivity index (χ1v) is 8.51. The molecule has 2 aromatic carbocycles. The SMILES string of the molecule is CCc1cc2c(=O)c(-c3nc4ccccc4s3)coc2cc1OC. The van der Waals surface area contributed by atoms with Gasteiger partial charge < -0.3 is 9.15 Å². The number of ether oxygens (including phenoxy) is 1. The van der Waals surface area contributed by atoms with E-state index in [0.717, 1.165) is 28.0 Å². The van der Waals surface area contributed by atoms with E-state index in [2.05, 4.69) is 4.98 Å². The fraction of sp³-hybridized carbons (Fsp3) is 0.158. The molecule has 4 nitrogen and oxygen atoms in total. The lowest BCUT2D eigenvalue weighted by Crippen LogP contribution is -2.05. The van der Waals surface area contributed by atoms with Gasteiger partial charge in [-0.25, -0.2) is 4.98 Å². The molecule has 4 rings (SSSR count). The smallest absolute Gasteiger partial charge is 0.202 e. The van der Waals surface area contributed by atoms with Crippen LogP contribution in [-0.4, -0.2) is 12.1 Å². The minimum Gasteiger partial charge on any atom is -0.496 e. The third-order valence-corrected chi connectivity index (χ3v) is 5.15. The number of methoxy groups -OCH3 is 1. The van der Waals surface area contributed by atoms with Crippen LogP contribution >= 0.6 is 11.3 Å². The number of hydrogen-bond acceptors (Lipinski definition) is 5. The predicted octanol–water partition coefficient (Wildman–Crippen LogP) is 4.64. The van der Waals surface area contributed by atoms with E-state index in [-0.39, 0.29) is 5.43 Å². The topological polar surface area (TPSA) is 52.3 Å². The van der Waals surface area contributed by atoms with Gasteiger partial charge in [0.25, 0.3) is 0 Å². The highest BCUT2D eigenvalue weighted by molar-refractivity contribution is 7.21. The highest BCUT2D eigenvalue weighted by Crippen LogP contribution is 2.31. The van der Waals surface area contributed by atoms with Crippen molar-refractivity contribution in [1.29, 1.82) is 0 Å². The van der Waals surface area contributed by atoms with Crippen molar-refractivity contribution in [2.24, 2.45) is 0 Å². The lowest BCUT2D eigenvalue weighted by Gasteiger charge is -2.08. The standard InChI is InChI=1S/C19H15NO3S/c1-3-11-8-12-16(9-15(11)22-2)23-10-13(18(12)21)19-20-14-6-4-5-7-17(14)24-19/h4-10H,3H2,1-2H3. The number of hydrogen-bond donors (Lipinski definition) is 0. The maximum atomic E-state index is 12.9. The molecule has 2 heterocycles. The van der Waals surface area contributed by atoms with Crippen LogP contribution in [0.4, 0.5) is 0 Å². The van der Waals surface area contributed by atoms with Crippen LogP contribution in [-0.2, 0) is 6.42 Å². The summed E-state index contributed by atoms with van der Waals surface area (Å²) < 4.78 is 12.1. The Balaban J connectivity index is 1.96. The number of rotatable bonds is 3. The number of aryl methyl sites for hydroxylation is 1. The van der Waals surface area contributed by atoms with Crippen LogP contribution < -0.4 is 10.2 Å². The molecule has 0 saturated carbocycles. The molecule has 0 aliphatic heterocycles. The zero-order chi connectivity index (χ0) is 16.7. The highest BCUT2D eigenvalue weighted by Gasteiger charge is 2.15. The van der Waals surface area contributed by atoms with Gasteiger partial charge in [0.1, 0.15) is 22.6 Å². The summed E-state index contributed by atoms with van der Waals surface area (Å²) in [5, 5.41) is 1.24. The molecule has 0 bridgehead atoms. The van der Waals surface area contributed by atoms with Crippen LogP contribution in [0, 0.1) is 0 Å². The molecule has 0 atom stereocenters. The molecule has 120 valence electrons. The summed E-state index contributed by atoms with van der Waals surface area (Å²) in [6.45, 7) is 2.03. The lowest BCUT2D eigenvalue weighted by atomic mass is 10.1. The second-order valence-corrected chi connectivity index (χ2v) is 6.51. The molecule has 5 heteroatoms.